The molecule has 1 aromatic heterocycles. The van der Waals surface area contributed by atoms with Crippen LogP contribution >= 0.6 is 11.6 Å². The van der Waals surface area contributed by atoms with Gasteiger partial charge in [0.1, 0.15) is 6.04 Å². The van der Waals surface area contributed by atoms with Gasteiger partial charge < -0.3 is 15.6 Å². The van der Waals surface area contributed by atoms with Crippen LogP contribution in [-0.2, 0) is 9.59 Å². The molecule has 4 rings (SSSR count). The maximum absolute atomic E-state index is 13.0. The number of amides is 2. The Labute approximate surface area is 185 Å². The SMILES string of the molecule is N#CC(CC1CCNC1=O)NC(=O)C(CC(=O)c1cc2ccc(Cl)cc2[nH]1)CC1CC1. The van der Waals surface area contributed by atoms with E-state index in [-0.39, 0.29) is 29.9 Å². The smallest absolute Gasteiger partial charge is 0.224 e. The molecule has 2 heterocycles. The van der Waals surface area contributed by atoms with E-state index >= 15 is 0 Å². The number of aromatic amines is 1. The Bertz CT molecular complexity index is 1050. The number of carbonyl (C=O) groups is 3. The van der Waals surface area contributed by atoms with Gasteiger partial charge in [-0.2, -0.15) is 5.26 Å². The minimum absolute atomic E-state index is 0.0712. The van der Waals surface area contributed by atoms with Gasteiger partial charge in [0.2, 0.25) is 11.8 Å². The number of carbonyl (C=O) groups excluding carboxylic acids is 3. The van der Waals surface area contributed by atoms with Crippen LogP contribution in [0.4, 0.5) is 0 Å². The van der Waals surface area contributed by atoms with E-state index in [9.17, 15) is 19.6 Å². The number of nitrogens with one attached hydrogen (secondary N) is 3. The predicted molar refractivity (Wildman–Crippen MR) is 116 cm³/mol. The molecule has 3 atom stereocenters. The van der Waals surface area contributed by atoms with Crippen LogP contribution in [0.15, 0.2) is 24.3 Å². The molecule has 0 bridgehead atoms. The summed E-state index contributed by atoms with van der Waals surface area (Å²) in [5.41, 5.74) is 1.23. The maximum Gasteiger partial charge on any atom is 0.224 e. The molecule has 1 aliphatic carbocycles. The van der Waals surface area contributed by atoms with E-state index in [1.54, 1.807) is 18.2 Å². The molecule has 0 radical (unpaired) electrons. The number of hydrogen-bond acceptors (Lipinski definition) is 4. The van der Waals surface area contributed by atoms with Crippen molar-refractivity contribution in [2.24, 2.45) is 17.8 Å². The lowest BCUT2D eigenvalue weighted by Gasteiger charge is -2.19. The number of Topliss-reactive ketones (excluding diaryl/α,β-unsaturated/α-hetero) is 1. The number of halogens is 1. The molecule has 3 unspecified atom stereocenters. The number of hydrogen-bond donors (Lipinski definition) is 3. The van der Waals surface area contributed by atoms with Gasteiger partial charge in [-0.1, -0.05) is 30.5 Å². The summed E-state index contributed by atoms with van der Waals surface area (Å²) in [6.45, 7) is 0.601. The maximum atomic E-state index is 13.0. The zero-order chi connectivity index (χ0) is 22.0. The van der Waals surface area contributed by atoms with Crippen LogP contribution in [0.5, 0.6) is 0 Å². The molecule has 1 aromatic carbocycles. The summed E-state index contributed by atoms with van der Waals surface area (Å²) in [5, 5.41) is 16.5. The normalized spacial score (nSPS) is 20.1. The van der Waals surface area contributed by atoms with Crippen molar-refractivity contribution in [1.29, 1.82) is 5.26 Å². The predicted octanol–water partition coefficient (Wildman–Crippen LogP) is 3.34. The number of ketones is 1. The summed E-state index contributed by atoms with van der Waals surface area (Å²) in [6.07, 6.45) is 3.79. The number of nitriles is 1. The van der Waals surface area contributed by atoms with E-state index in [1.165, 1.54) is 0 Å². The molecule has 1 aliphatic heterocycles. The molecule has 7 nitrogen and oxygen atoms in total. The number of rotatable bonds is 9. The second-order valence-corrected chi connectivity index (χ2v) is 9.06. The third kappa shape index (κ3) is 5.26. The van der Waals surface area contributed by atoms with Crippen LogP contribution in [0, 0.1) is 29.1 Å². The zero-order valence-corrected chi connectivity index (χ0v) is 17.9. The third-order valence-electron chi connectivity index (χ3n) is 6.16. The lowest BCUT2D eigenvalue weighted by atomic mass is 9.93. The van der Waals surface area contributed by atoms with E-state index in [1.807, 2.05) is 6.07 Å². The lowest BCUT2D eigenvalue weighted by molar-refractivity contribution is -0.127. The Balaban J connectivity index is 1.43. The van der Waals surface area contributed by atoms with E-state index < -0.39 is 12.0 Å². The van der Waals surface area contributed by atoms with Crippen molar-refractivity contribution in [3.63, 3.8) is 0 Å². The Hall–Kier alpha value is -2.85. The lowest BCUT2D eigenvalue weighted by Crippen LogP contribution is -2.40. The molecule has 2 fully saturated rings. The fourth-order valence-electron chi connectivity index (χ4n) is 4.21. The number of nitrogens with zero attached hydrogens (tertiary/aromatic N) is 1. The van der Waals surface area contributed by atoms with Gasteiger partial charge in [0.15, 0.2) is 5.78 Å². The van der Waals surface area contributed by atoms with Crippen molar-refractivity contribution >= 4 is 40.1 Å². The van der Waals surface area contributed by atoms with Crippen LogP contribution in [0.1, 0.15) is 49.0 Å². The monoisotopic (exact) mass is 440 g/mol. The summed E-state index contributed by atoms with van der Waals surface area (Å²) in [5.74, 6) is -0.805. The average molecular weight is 441 g/mol. The number of H-pyrrole nitrogens is 1. The summed E-state index contributed by atoms with van der Waals surface area (Å²) in [7, 11) is 0. The minimum atomic E-state index is -0.742. The number of benzene rings is 1. The fraction of sp³-hybridized carbons (Fsp3) is 0.478. The van der Waals surface area contributed by atoms with Crippen LogP contribution in [-0.4, -0.2) is 35.2 Å². The van der Waals surface area contributed by atoms with Gasteiger partial charge in [-0.05, 0) is 43.4 Å². The number of aromatic nitrogens is 1. The van der Waals surface area contributed by atoms with Gasteiger partial charge in [0, 0.05) is 40.7 Å². The fourth-order valence-corrected chi connectivity index (χ4v) is 4.38. The second-order valence-electron chi connectivity index (χ2n) is 8.62. The van der Waals surface area contributed by atoms with Gasteiger partial charge in [-0.3, -0.25) is 14.4 Å². The first kappa shape index (κ1) is 21.4. The third-order valence-corrected chi connectivity index (χ3v) is 6.39. The molecule has 2 amide bonds. The van der Waals surface area contributed by atoms with Crippen LogP contribution in [0.3, 0.4) is 0 Å². The van der Waals surface area contributed by atoms with Crippen molar-refractivity contribution in [3.8, 4) is 6.07 Å². The van der Waals surface area contributed by atoms with Crippen LogP contribution in [0.25, 0.3) is 10.9 Å². The molecule has 31 heavy (non-hydrogen) atoms. The van der Waals surface area contributed by atoms with Crippen molar-refractivity contribution in [1.82, 2.24) is 15.6 Å². The summed E-state index contributed by atoms with van der Waals surface area (Å²) < 4.78 is 0. The van der Waals surface area contributed by atoms with E-state index in [0.717, 1.165) is 23.7 Å². The highest BCUT2D eigenvalue weighted by molar-refractivity contribution is 6.31. The van der Waals surface area contributed by atoms with Gasteiger partial charge >= 0.3 is 0 Å². The Kier molecular flexibility index (Phi) is 6.28. The standard InChI is InChI=1S/C23H25ClN4O3/c24-17-4-3-14-9-20(28-19(14)11-17)21(29)10-16(7-13-1-2-13)23(31)27-18(12-25)8-15-5-6-26-22(15)30/h3-4,9,11,13,15-16,18,28H,1-2,5-8,10H2,(H,26,30)(H,27,31). The minimum Gasteiger partial charge on any atom is -0.356 e. The first-order valence-corrected chi connectivity index (χ1v) is 11.1. The Morgan fingerprint density at radius 1 is 1.23 bits per heavy atom. The van der Waals surface area contributed by atoms with Gasteiger partial charge in [-0.15, -0.1) is 0 Å². The molecule has 0 spiro atoms. The molecular weight excluding hydrogens is 416 g/mol. The first-order chi connectivity index (χ1) is 14.9. The van der Waals surface area contributed by atoms with Gasteiger partial charge in [0.25, 0.3) is 0 Å². The zero-order valence-electron chi connectivity index (χ0n) is 17.1. The summed E-state index contributed by atoms with van der Waals surface area (Å²) >= 11 is 6.02. The van der Waals surface area contributed by atoms with Crippen molar-refractivity contribution in [2.45, 2.75) is 44.6 Å². The molecule has 2 aromatic rings. The highest BCUT2D eigenvalue weighted by Gasteiger charge is 2.33. The molecule has 1 saturated carbocycles. The molecule has 8 heteroatoms. The number of fused-ring (bicyclic) bond motifs is 1. The molecule has 3 N–H and O–H groups in total. The van der Waals surface area contributed by atoms with Crippen molar-refractivity contribution < 1.29 is 14.4 Å². The largest absolute Gasteiger partial charge is 0.356 e. The Morgan fingerprint density at radius 2 is 2.03 bits per heavy atom. The highest BCUT2D eigenvalue weighted by atomic mass is 35.5. The summed E-state index contributed by atoms with van der Waals surface area (Å²) in [6, 6.07) is 8.50. The second kappa shape index (κ2) is 9.11. The first-order valence-electron chi connectivity index (χ1n) is 10.7. The quantitative estimate of drug-likeness (QED) is 0.518. The van der Waals surface area contributed by atoms with Gasteiger partial charge in [0.05, 0.1) is 11.8 Å². The van der Waals surface area contributed by atoms with Gasteiger partial charge in [-0.25, -0.2) is 0 Å². The highest BCUT2D eigenvalue weighted by Crippen LogP contribution is 2.37. The molecule has 2 aliphatic rings. The molecular formula is C23H25ClN4O3. The average Bonchev–Trinajstić information content (AvgIpc) is 3.32. The molecule has 162 valence electrons. The van der Waals surface area contributed by atoms with E-state index in [0.29, 0.717) is 42.4 Å². The van der Waals surface area contributed by atoms with Crippen molar-refractivity contribution in [3.05, 3.63) is 35.0 Å². The topological polar surface area (TPSA) is 115 Å². The van der Waals surface area contributed by atoms with E-state index in [2.05, 4.69) is 21.7 Å². The summed E-state index contributed by atoms with van der Waals surface area (Å²) in [4.78, 5) is 40.8. The van der Waals surface area contributed by atoms with E-state index in [4.69, 9.17) is 11.6 Å². The molecule has 1 saturated heterocycles. The van der Waals surface area contributed by atoms with Crippen LogP contribution < -0.4 is 10.6 Å². The van der Waals surface area contributed by atoms with Crippen molar-refractivity contribution in [2.75, 3.05) is 6.54 Å². The Morgan fingerprint density at radius 3 is 2.71 bits per heavy atom. The van der Waals surface area contributed by atoms with Crippen LogP contribution in [0.2, 0.25) is 5.02 Å².